The number of piperidine rings is 1. The van der Waals surface area contributed by atoms with Gasteiger partial charge in [-0.1, -0.05) is 55.8 Å². The highest BCUT2D eigenvalue weighted by Gasteiger charge is 2.52. The summed E-state index contributed by atoms with van der Waals surface area (Å²) in [5.74, 6) is -2.54. The van der Waals surface area contributed by atoms with Gasteiger partial charge in [0, 0.05) is 19.5 Å². The maximum Gasteiger partial charge on any atom is 0.471 e. The average molecular weight is 516 g/mol. The molecule has 0 aliphatic carbocycles. The van der Waals surface area contributed by atoms with Gasteiger partial charge in [-0.05, 0) is 42.0 Å². The molecule has 4 rings (SSSR count). The highest BCUT2D eigenvalue weighted by atomic mass is 19.4. The van der Waals surface area contributed by atoms with Gasteiger partial charge in [-0.3, -0.25) is 19.5 Å². The molecular formula is C27H28F3N3O4. The first-order valence-corrected chi connectivity index (χ1v) is 12.2. The Labute approximate surface area is 212 Å². The van der Waals surface area contributed by atoms with Crippen LogP contribution in [-0.2, 0) is 16.1 Å². The Bertz CT molecular complexity index is 1220. The van der Waals surface area contributed by atoms with E-state index in [0.29, 0.717) is 17.8 Å². The van der Waals surface area contributed by atoms with E-state index in [4.69, 9.17) is 4.99 Å². The lowest BCUT2D eigenvalue weighted by molar-refractivity contribution is -0.187. The molecule has 1 saturated heterocycles. The van der Waals surface area contributed by atoms with Crippen LogP contribution in [0.15, 0.2) is 53.5 Å². The second-order valence-electron chi connectivity index (χ2n) is 9.39. The number of nitrogens with zero attached hydrogens (tertiary/aromatic N) is 3. The first-order valence-electron chi connectivity index (χ1n) is 12.2. The fourth-order valence-electron chi connectivity index (χ4n) is 4.89. The zero-order chi connectivity index (χ0) is 26.8. The summed E-state index contributed by atoms with van der Waals surface area (Å²) in [6.45, 7) is 1.90. The smallest absolute Gasteiger partial charge is 0.471 e. The zero-order valence-corrected chi connectivity index (χ0v) is 20.4. The number of hydrogen-bond acceptors (Lipinski definition) is 4. The summed E-state index contributed by atoms with van der Waals surface area (Å²) < 4.78 is 38.6. The quantitative estimate of drug-likeness (QED) is 0.568. The number of aliphatic imine (C=N–C) groups is 1. The molecule has 2 aromatic rings. The van der Waals surface area contributed by atoms with Crippen molar-refractivity contribution in [3.8, 4) is 11.1 Å². The molecule has 7 nitrogen and oxygen atoms in total. The van der Waals surface area contributed by atoms with Crippen molar-refractivity contribution < 1.29 is 32.7 Å². The highest BCUT2D eigenvalue weighted by molar-refractivity contribution is 6.08. The monoisotopic (exact) mass is 515 g/mol. The van der Waals surface area contributed by atoms with Crippen molar-refractivity contribution in [2.24, 2.45) is 4.99 Å². The number of alkyl halides is 3. The minimum Gasteiger partial charge on any atom is -0.478 e. The zero-order valence-electron chi connectivity index (χ0n) is 20.4. The lowest BCUT2D eigenvalue weighted by atomic mass is 9.87. The van der Waals surface area contributed by atoms with Crippen LogP contribution < -0.4 is 0 Å². The number of amides is 2. The van der Waals surface area contributed by atoms with Crippen LogP contribution in [0.5, 0.6) is 0 Å². The van der Waals surface area contributed by atoms with E-state index >= 15 is 0 Å². The Morgan fingerprint density at radius 2 is 1.70 bits per heavy atom. The molecule has 196 valence electrons. The van der Waals surface area contributed by atoms with Gasteiger partial charge in [-0.15, -0.1) is 0 Å². The Morgan fingerprint density at radius 1 is 1.05 bits per heavy atom. The van der Waals surface area contributed by atoms with E-state index in [9.17, 15) is 32.7 Å². The standard InChI is InChI=1S/C27H28F3N3O4/c1-2-3-8-22-31-26(13-15-32(16-14-26)25(37)27(28,29)30)24(36)33(22)17-18-9-11-19(12-10-18)20-6-4-5-7-21(20)23(34)35/h4-7,9-12H,2-3,8,13-17H2,1H3,(H,34,35). The van der Waals surface area contributed by atoms with Gasteiger partial charge in [0.2, 0.25) is 0 Å². The van der Waals surface area contributed by atoms with Crippen molar-refractivity contribution in [2.45, 2.75) is 57.3 Å². The molecule has 0 radical (unpaired) electrons. The number of likely N-dealkylation sites (tertiary alicyclic amines) is 1. The van der Waals surface area contributed by atoms with Crippen LogP contribution in [0.25, 0.3) is 11.1 Å². The molecule has 1 fully saturated rings. The van der Waals surface area contributed by atoms with Crippen molar-refractivity contribution >= 4 is 23.6 Å². The number of carboxylic acid groups (broad SMARTS) is 1. The minimum atomic E-state index is -4.94. The van der Waals surface area contributed by atoms with Crippen molar-refractivity contribution in [3.63, 3.8) is 0 Å². The van der Waals surface area contributed by atoms with Crippen LogP contribution in [0.2, 0.25) is 0 Å². The third-order valence-corrected chi connectivity index (χ3v) is 6.94. The third-order valence-electron chi connectivity index (χ3n) is 6.94. The van der Waals surface area contributed by atoms with E-state index in [-0.39, 0.29) is 43.9 Å². The Morgan fingerprint density at radius 3 is 2.30 bits per heavy atom. The number of rotatable bonds is 7. The summed E-state index contributed by atoms with van der Waals surface area (Å²) in [7, 11) is 0. The molecular weight excluding hydrogens is 487 g/mol. The van der Waals surface area contributed by atoms with E-state index in [1.165, 1.54) is 6.07 Å². The molecule has 2 aromatic carbocycles. The van der Waals surface area contributed by atoms with Gasteiger partial charge in [0.05, 0.1) is 12.1 Å². The molecule has 37 heavy (non-hydrogen) atoms. The fourth-order valence-corrected chi connectivity index (χ4v) is 4.89. The number of amidine groups is 1. The summed E-state index contributed by atoms with van der Waals surface area (Å²) >= 11 is 0. The third kappa shape index (κ3) is 5.38. The van der Waals surface area contributed by atoms with E-state index in [1.807, 2.05) is 19.1 Å². The van der Waals surface area contributed by atoms with Gasteiger partial charge in [-0.2, -0.15) is 13.2 Å². The maximum absolute atomic E-state index is 13.6. The molecule has 10 heteroatoms. The number of carbonyl (C=O) groups is 3. The summed E-state index contributed by atoms with van der Waals surface area (Å²) in [6.07, 6.45) is -2.58. The van der Waals surface area contributed by atoms with Gasteiger partial charge in [-0.25, -0.2) is 4.79 Å². The molecule has 2 aliphatic rings. The molecule has 0 aromatic heterocycles. The molecule has 0 saturated carbocycles. The molecule has 0 bridgehead atoms. The average Bonchev–Trinajstić information content (AvgIpc) is 3.13. The summed E-state index contributed by atoms with van der Waals surface area (Å²) in [5.41, 5.74) is 1.17. The van der Waals surface area contributed by atoms with Crippen LogP contribution in [0.3, 0.4) is 0 Å². The molecule has 0 unspecified atom stereocenters. The highest BCUT2D eigenvalue weighted by Crippen LogP contribution is 2.37. The van der Waals surface area contributed by atoms with Gasteiger partial charge in [0.25, 0.3) is 5.91 Å². The van der Waals surface area contributed by atoms with Crippen LogP contribution in [-0.4, -0.2) is 63.3 Å². The number of aromatic carboxylic acids is 1. The van der Waals surface area contributed by atoms with Crippen LogP contribution in [0.1, 0.15) is 54.9 Å². The second-order valence-corrected chi connectivity index (χ2v) is 9.39. The summed E-state index contributed by atoms with van der Waals surface area (Å²) in [5, 5.41) is 9.47. The van der Waals surface area contributed by atoms with Gasteiger partial charge < -0.3 is 10.0 Å². The first-order chi connectivity index (χ1) is 17.6. The molecule has 1 N–H and O–H groups in total. The lowest BCUT2D eigenvalue weighted by Crippen LogP contribution is -2.53. The minimum absolute atomic E-state index is 0.0463. The van der Waals surface area contributed by atoms with Gasteiger partial charge in [0.15, 0.2) is 0 Å². The number of halogens is 3. The number of unbranched alkanes of at least 4 members (excludes halogenated alkanes) is 1. The van der Waals surface area contributed by atoms with Crippen molar-refractivity contribution in [1.29, 1.82) is 0 Å². The second kappa shape index (κ2) is 10.4. The topological polar surface area (TPSA) is 90.3 Å². The Balaban J connectivity index is 1.52. The predicted octanol–water partition coefficient (Wildman–Crippen LogP) is 4.91. The molecule has 1 spiro atoms. The molecule has 0 atom stereocenters. The van der Waals surface area contributed by atoms with E-state index < -0.39 is 23.6 Å². The maximum atomic E-state index is 13.6. The number of carboxylic acids is 1. The normalized spacial score (nSPS) is 17.3. The van der Waals surface area contributed by atoms with E-state index in [1.54, 1.807) is 35.2 Å². The predicted molar refractivity (Wildman–Crippen MR) is 131 cm³/mol. The summed E-state index contributed by atoms with van der Waals surface area (Å²) in [6, 6.07) is 14.0. The van der Waals surface area contributed by atoms with Crippen LogP contribution in [0, 0.1) is 0 Å². The number of hydrogen-bond donors (Lipinski definition) is 1. The molecule has 2 amide bonds. The van der Waals surface area contributed by atoms with Crippen molar-refractivity contribution in [3.05, 3.63) is 59.7 Å². The Hall–Kier alpha value is -3.69. The number of carbonyl (C=O) groups excluding carboxylic acids is 2. The van der Waals surface area contributed by atoms with Crippen molar-refractivity contribution in [1.82, 2.24) is 9.80 Å². The van der Waals surface area contributed by atoms with Gasteiger partial charge >= 0.3 is 18.1 Å². The fraction of sp³-hybridized carbons (Fsp3) is 0.407. The summed E-state index contributed by atoms with van der Waals surface area (Å²) in [4.78, 5) is 43.9. The van der Waals surface area contributed by atoms with E-state index in [0.717, 1.165) is 28.9 Å². The van der Waals surface area contributed by atoms with Crippen molar-refractivity contribution in [2.75, 3.05) is 13.1 Å². The lowest BCUT2D eigenvalue weighted by Gasteiger charge is -2.36. The van der Waals surface area contributed by atoms with Crippen LogP contribution in [0.4, 0.5) is 13.2 Å². The Kier molecular flexibility index (Phi) is 7.38. The van der Waals surface area contributed by atoms with Crippen LogP contribution >= 0.6 is 0 Å². The molecule has 2 aliphatic heterocycles. The SMILES string of the molecule is CCCCC1=NC2(CCN(C(=O)C(F)(F)F)CC2)C(=O)N1Cc1ccc(-c2ccccc2C(=O)O)cc1. The number of benzene rings is 2. The largest absolute Gasteiger partial charge is 0.478 e. The first kappa shape index (κ1) is 26.4. The van der Waals surface area contributed by atoms with E-state index in [2.05, 4.69) is 0 Å². The molecule has 2 heterocycles. The van der Waals surface area contributed by atoms with Gasteiger partial charge in [0.1, 0.15) is 11.4 Å².